The molecule has 1 aromatic carbocycles. The first kappa shape index (κ1) is 10.4. The molecule has 0 aliphatic heterocycles. The number of fused-ring (bicyclic) bond motifs is 1. The molecular formula is C14H18O. The molecule has 1 aliphatic carbocycles. The van der Waals surface area contributed by atoms with Gasteiger partial charge in [-0.1, -0.05) is 37.1 Å². The van der Waals surface area contributed by atoms with Gasteiger partial charge in [-0.2, -0.15) is 0 Å². The van der Waals surface area contributed by atoms with Crippen molar-refractivity contribution in [2.24, 2.45) is 0 Å². The van der Waals surface area contributed by atoms with Crippen LogP contribution in [-0.4, -0.2) is 5.78 Å². The summed E-state index contributed by atoms with van der Waals surface area (Å²) in [6.45, 7) is 4.31. The first-order valence-electron chi connectivity index (χ1n) is 5.86. The molecule has 1 heteroatoms. The van der Waals surface area contributed by atoms with E-state index in [2.05, 4.69) is 19.9 Å². The van der Waals surface area contributed by atoms with Crippen molar-refractivity contribution in [1.82, 2.24) is 0 Å². The van der Waals surface area contributed by atoms with E-state index in [-0.39, 0.29) is 0 Å². The minimum absolute atomic E-state index is 0.331. The van der Waals surface area contributed by atoms with E-state index < -0.39 is 0 Å². The van der Waals surface area contributed by atoms with Gasteiger partial charge in [0.2, 0.25) is 0 Å². The minimum Gasteiger partial charge on any atom is -0.294 e. The summed E-state index contributed by atoms with van der Waals surface area (Å²) in [7, 11) is 0. The molecule has 1 aliphatic rings. The maximum atomic E-state index is 11.7. The lowest BCUT2D eigenvalue weighted by atomic mass is 9.79. The predicted molar refractivity (Wildman–Crippen MR) is 62.4 cm³/mol. The number of rotatable bonds is 2. The Morgan fingerprint density at radius 1 is 1.40 bits per heavy atom. The third kappa shape index (κ3) is 1.97. The van der Waals surface area contributed by atoms with Gasteiger partial charge in [-0.25, -0.2) is 0 Å². The molecule has 1 atom stereocenters. The maximum Gasteiger partial charge on any atom is 0.163 e. The van der Waals surface area contributed by atoms with E-state index in [4.69, 9.17) is 0 Å². The number of ketones is 1. The quantitative estimate of drug-likeness (QED) is 0.711. The van der Waals surface area contributed by atoms with Gasteiger partial charge >= 0.3 is 0 Å². The minimum atomic E-state index is 0.331. The van der Waals surface area contributed by atoms with Crippen molar-refractivity contribution >= 4 is 5.78 Å². The first-order valence-corrected chi connectivity index (χ1v) is 5.86. The lowest BCUT2D eigenvalue weighted by Gasteiger charge is -2.24. The molecule has 1 nitrogen and oxygen atoms in total. The monoisotopic (exact) mass is 202 g/mol. The summed E-state index contributed by atoms with van der Waals surface area (Å²) in [5, 5.41) is 0. The van der Waals surface area contributed by atoms with Gasteiger partial charge in [0.05, 0.1) is 0 Å². The Morgan fingerprint density at radius 3 is 2.93 bits per heavy atom. The highest BCUT2D eigenvalue weighted by Gasteiger charge is 2.24. The van der Waals surface area contributed by atoms with E-state index in [1.807, 2.05) is 12.1 Å². The maximum absolute atomic E-state index is 11.7. The molecule has 0 N–H and O–H groups in total. The first-order chi connectivity index (χ1) is 7.22. The average molecular weight is 202 g/mol. The second-order valence-corrected chi connectivity index (χ2v) is 4.54. The Kier molecular flexibility index (Phi) is 2.90. The van der Waals surface area contributed by atoms with Crippen molar-refractivity contribution < 1.29 is 4.79 Å². The molecule has 0 aromatic heterocycles. The number of benzene rings is 1. The highest BCUT2D eigenvalue weighted by molar-refractivity contribution is 5.98. The standard InChI is InChI=1S/C14H18O/c1-3-4-11-6-8-14(15)12-7-5-10(2)9-13(11)12/h5,7,9,11H,3-4,6,8H2,1-2H3. The van der Waals surface area contributed by atoms with Crippen LogP contribution in [0.2, 0.25) is 0 Å². The summed E-state index contributed by atoms with van der Waals surface area (Å²) in [6, 6.07) is 6.26. The summed E-state index contributed by atoms with van der Waals surface area (Å²) in [5.74, 6) is 0.944. The summed E-state index contributed by atoms with van der Waals surface area (Å²) in [6.07, 6.45) is 4.19. The molecule has 1 aromatic rings. The van der Waals surface area contributed by atoms with Gasteiger partial charge in [-0.05, 0) is 31.2 Å². The van der Waals surface area contributed by atoms with E-state index in [1.165, 1.54) is 24.0 Å². The van der Waals surface area contributed by atoms with Gasteiger partial charge in [0.1, 0.15) is 0 Å². The Labute approximate surface area is 91.5 Å². The molecule has 15 heavy (non-hydrogen) atoms. The Hall–Kier alpha value is -1.11. The fourth-order valence-electron chi connectivity index (χ4n) is 2.52. The zero-order valence-corrected chi connectivity index (χ0v) is 9.55. The number of carbonyl (C=O) groups excluding carboxylic acids is 1. The predicted octanol–water partition coefficient (Wildman–Crippen LogP) is 3.86. The van der Waals surface area contributed by atoms with Gasteiger partial charge < -0.3 is 0 Å². The Balaban J connectivity index is 2.42. The molecule has 0 amide bonds. The molecule has 80 valence electrons. The highest BCUT2D eigenvalue weighted by Crippen LogP contribution is 2.35. The van der Waals surface area contributed by atoms with Crippen LogP contribution in [0.1, 0.15) is 60.0 Å². The van der Waals surface area contributed by atoms with Gasteiger partial charge in [-0.15, -0.1) is 0 Å². The second kappa shape index (κ2) is 4.18. The van der Waals surface area contributed by atoms with Crippen molar-refractivity contribution in [2.45, 2.75) is 45.4 Å². The third-order valence-electron chi connectivity index (χ3n) is 3.30. The molecule has 0 spiro atoms. The molecule has 2 rings (SSSR count). The van der Waals surface area contributed by atoms with Gasteiger partial charge in [0, 0.05) is 12.0 Å². The zero-order valence-electron chi connectivity index (χ0n) is 9.55. The largest absolute Gasteiger partial charge is 0.294 e. The number of hydrogen-bond donors (Lipinski definition) is 0. The van der Waals surface area contributed by atoms with Crippen LogP contribution in [0, 0.1) is 6.92 Å². The topological polar surface area (TPSA) is 17.1 Å². The van der Waals surface area contributed by atoms with Crippen LogP contribution in [0.5, 0.6) is 0 Å². The fraction of sp³-hybridized carbons (Fsp3) is 0.500. The fourth-order valence-corrected chi connectivity index (χ4v) is 2.52. The van der Waals surface area contributed by atoms with Gasteiger partial charge in [-0.3, -0.25) is 4.79 Å². The molecule has 0 saturated heterocycles. The molecule has 0 saturated carbocycles. The van der Waals surface area contributed by atoms with Crippen LogP contribution in [0.25, 0.3) is 0 Å². The van der Waals surface area contributed by atoms with Crippen LogP contribution >= 0.6 is 0 Å². The van der Waals surface area contributed by atoms with Gasteiger partial charge in [0.15, 0.2) is 5.78 Å². The van der Waals surface area contributed by atoms with Crippen LogP contribution < -0.4 is 0 Å². The second-order valence-electron chi connectivity index (χ2n) is 4.54. The Morgan fingerprint density at radius 2 is 2.20 bits per heavy atom. The molecular weight excluding hydrogens is 184 g/mol. The molecule has 0 bridgehead atoms. The summed E-state index contributed by atoms with van der Waals surface area (Å²) >= 11 is 0. The van der Waals surface area contributed by atoms with E-state index >= 15 is 0 Å². The van der Waals surface area contributed by atoms with Crippen LogP contribution in [-0.2, 0) is 0 Å². The number of hydrogen-bond acceptors (Lipinski definition) is 1. The van der Waals surface area contributed by atoms with Gasteiger partial charge in [0.25, 0.3) is 0 Å². The van der Waals surface area contributed by atoms with Crippen molar-refractivity contribution in [3.8, 4) is 0 Å². The highest BCUT2D eigenvalue weighted by atomic mass is 16.1. The number of carbonyl (C=O) groups is 1. The van der Waals surface area contributed by atoms with Crippen molar-refractivity contribution in [2.75, 3.05) is 0 Å². The van der Waals surface area contributed by atoms with Crippen molar-refractivity contribution in [1.29, 1.82) is 0 Å². The SMILES string of the molecule is CCCC1CCC(=O)c2ccc(C)cc21. The third-order valence-corrected chi connectivity index (χ3v) is 3.30. The van der Waals surface area contributed by atoms with Crippen LogP contribution in [0.15, 0.2) is 18.2 Å². The molecule has 0 heterocycles. The average Bonchev–Trinajstić information content (AvgIpc) is 2.22. The van der Waals surface area contributed by atoms with E-state index in [0.29, 0.717) is 11.7 Å². The summed E-state index contributed by atoms with van der Waals surface area (Å²) in [5.41, 5.74) is 3.54. The summed E-state index contributed by atoms with van der Waals surface area (Å²) in [4.78, 5) is 11.7. The van der Waals surface area contributed by atoms with E-state index in [1.54, 1.807) is 0 Å². The van der Waals surface area contributed by atoms with Crippen LogP contribution in [0.4, 0.5) is 0 Å². The van der Waals surface area contributed by atoms with Crippen molar-refractivity contribution in [3.63, 3.8) is 0 Å². The molecule has 0 radical (unpaired) electrons. The molecule has 1 unspecified atom stereocenters. The lowest BCUT2D eigenvalue weighted by Crippen LogP contribution is -2.15. The number of aryl methyl sites for hydroxylation is 1. The van der Waals surface area contributed by atoms with E-state index in [9.17, 15) is 4.79 Å². The smallest absolute Gasteiger partial charge is 0.163 e. The van der Waals surface area contributed by atoms with E-state index in [0.717, 1.165) is 18.4 Å². The van der Waals surface area contributed by atoms with Crippen LogP contribution in [0.3, 0.4) is 0 Å². The zero-order chi connectivity index (χ0) is 10.8. The normalized spacial score (nSPS) is 20.1. The summed E-state index contributed by atoms with van der Waals surface area (Å²) < 4.78 is 0. The lowest BCUT2D eigenvalue weighted by molar-refractivity contribution is 0.0966. The number of Topliss-reactive ketones (excluding diaryl/α,β-unsaturated/α-hetero) is 1. The van der Waals surface area contributed by atoms with Crippen molar-refractivity contribution in [3.05, 3.63) is 34.9 Å². The Bertz CT molecular complexity index is 379. The molecule has 0 fully saturated rings.